The van der Waals surface area contributed by atoms with E-state index in [1.54, 1.807) is 6.33 Å². The zero-order valence-corrected chi connectivity index (χ0v) is 15.8. The third kappa shape index (κ3) is 3.15. The number of piperidine rings is 1. The van der Waals surface area contributed by atoms with Crippen LogP contribution in [0.2, 0.25) is 5.02 Å². The number of fused-ring (bicyclic) bond motifs is 3. The minimum atomic E-state index is 0.727. The van der Waals surface area contributed by atoms with E-state index in [1.807, 2.05) is 18.2 Å². The maximum atomic E-state index is 6.18. The van der Waals surface area contributed by atoms with E-state index in [-0.39, 0.29) is 0 Å². The second-order valence-electron chi connectivity index (χ2n) is 7.36. The zero-order chi connectivity index (χ0) is 18.2. The standard InChI is InChI=1S/C22H21ClN4/c23-17-6-7-19-18(13-17)20-21(26-19)22(25-14-24-20)27-10-8-16(9-11-27)12-15-4-2-1-3-5-15/h1-7,13-14,16,26H,8-12H2. The van der Waals surface area contributed by atoms with E-state index in [2.05, 4.69) is 50.2 Å². The highest BCUT2D eigenvalue weighted by atomic mass is 35.5. The number of hydrogen-bond acceptors (Lipinski definition) is 3. The molecule has 5 heteroatoms. The Balaban J connectivity index is 1.39. The smallest absolute Gasteiger partial charge is 0.156 e. The normalized spacial score (nSPS) is 15.7. The van der Waals surface area contributed by atoms with Crippen molar-refractivity contribution in [1.29, 1.82) is 0 Å². The highest BCUT2D eigenvalue weighted by Gasteiger charge is 2.23. The summed E-state index contributed by atoms with van der Waals surface area (Å²) in [6.07, 6.45) is 5.21. The van der Waals surface area contributed by atoms with Crippen LogP contribution in [0.4, 0.5) is 5.82 Å². The van der Waals surface area contributed by atoms with Gasteiger partial charge in [-0.3, -0.25) is 0 Å². The molecule has 136 valence electrons. The van der Waals surface area contributed by atoms with E-state index in [1.165, 1.54) is 24.8 Å². The largest absolute Gasteiger partial charge is 0.355 e. The van der Waals surface area contributed by atoms with Crippen molar-refractivity contribution >= 4 is 39.4 Å². The molecule has 0 bridgehead atoms. The van der Waals surface area contributed by atoms with Gasteiger partial charge >= 0.3 is 0 Å². The molecule has 2 aromatic heterocycles. The molecule has 4 aromatic rings. The number of aromatic amines is 1. The van der Waals surface area contributed by atoms with Crippen LogP contribution in [-0.4, -0.2) is 28.0 Å². The fraction of sp³-hybridized carbons (Fsp3) is 0.273. The van der Waals surface area contributed by atoms with Crippen LogP contribution in [0.1, 0.15) is 18.4 Å². The Labute approximate surface area is 163 Å². The van der Waals surface area contributed by atoms with Crippen molar-refractivity contribution in [2.75, 3.05) is 18.0 Å². The first-order chi connectivity index (χ1) is 13.3. The van der Waals surface area contributed by atoms with Gasteiger partial charge in [0.05, 0.1) is 0 Å². The molecule has 1 aliphatic heterocycles. The summed E-state index contributed by atoms with van der Waals surface area (Å²) in [6.45, 7) is 2.06. The molecule has 2 aromatic carbocycles. The molecule has 1 aliphatic rings. The second-order valence-corrected chi connectivity index (χ2v) is 7.79. The number of H-pyrrole nitrogens is 1. The van der Waals surface area contributed by atoms with Gasteiger partial charge in [-0.1, -0.05) is 41.9 Å². The van der Waals surface area contributed by atoms with E-state index in [0.717, 1.165) is 51.8 Å². The van der Waals surface area contributed by atoms with E-state index in [4.69, 9.17) is 11.6 Å². The number of nitrogens with zero attached hydrogens (tertiary/aromatic N) is 3. The molecular weight excluding hydrogens is 356 g/mol. The molecule has 3 heterocycles. The SMILES string of the molecule is Clc1ccc2[nH]c3c(N4CCC(Cc5ccccc5)CC4)ncnc3c2c1. The van der Waals surface area contributed by atoms with Crippen molar-refractivity contribution in [3.05, 3.63) is 65.4 Å². The van der Waals surface area contributed by atoms with Gasteiger partial charge in [0.2, 0.25) is 0 Å². The fourth-order valence-corrected chi connectivity index (χ4v) is 4.36. The number of hydrogen-bond donors (Lipinski definition) is 1. The number of halogens is 1. The van der Waals surface area contributed by atoms with Gasteiger partial charge < -0.3 is 9.88 Å². The van der Waals surface area contributed by atoms with Gasteiger partial charge in [0.1, 0.15) is 17.4 Å². The Hall–Kier alpha value is -2.59. The number of benzene rings is 2. The number of nitrogens with one attached hydrogen (secondary N) is 1. The lowest BCUT2D eigenvalue weighted by Gasteiger charge is -2.33. The lowest BCUT2D eigenvalue weighted by Crippen LogP contribution is -2.35. The Morgan fingerprint density at radius 3 is 2.67 bits per heavy atom. The average Bonchev–Trinajstić information content (AvgIpc) is 3.07. The molecule has 1 N–H and O–H groups in total. The van der Waals surface area contributed by atoms with Gasteiger partial charge in [-0.15, -0.1) is 0 Å². The van der Waals surface area contributed by atoms with Crippen molar-refractivity contribution in [2.24, 2.45) is 5.92 Å². The van der Waals surface area contributed by atoms with E-state index in [0.29, 0.717) is 0 Å². The summed E-state index contributed by atoms with van der Waals surface area (Å²) >= 11 is 6.18. The van der Waals surface area contributed by atoms with Gasteiger partial charge in [0.25, 0.3) is 0 Å². The second kappa shape index (κ2) is 6.86. The summed E-state index contributed by atoms with van der Waals surface area (Å²) in [5.41, 5.74) is 4.45. The van der Waals surface area contributed by atoms with E-state index in [9.17, 15) is 0 Å². The van der Waals surface area contributed by atoms with E-state index < -0.39 is 0 Å². The average molecular weight is 377 g/mol. The lowest BCUT2D eigenvalue weighted by molar-refractivity contribution is 0.402. The van der Waals surface area contributed by atoms with Crippen molar-refractivity contribution in [3.63, 3.8) is 0 Å². The van der Waals surface area contributed by atoms with Crippen LogP contribution < -0.4 is 4.90 Å². The molecule has 1 fully saturated rings. The Bertz CT molecular complexity index is 1080. The molecule has 0 atom stereocenters. The molecule has 27 heavy (non-hydrogen) atoms. The van der Waals surface area contributed by atoms with Crippen molar-refractivity contribution < 1.29 is 0 Å². The van der Waals surface area contributed by atoms with Gasteiger partial charge in [0, 0.05) is 29.0 Å². The van der Waals surface area contributed by atoms with E-state index >= 15 is 0 Å². The van der Waals surface area contributed by atoms with Crippen LogP contribution in [0, 0.1) is 5.92 Å². The van der Waals surface area contributed by atoms with Crippen LogP contribution >= 0.6 is 11.6 Å². The maximum Gasteiger partial charge on any atom is 0.156 e. The summed E-state index contributed by atoms with van der Waals surface area (Å²) in [4.78, 5) is 15.0. The highest BCUT2D eigenvalue weighted by Crippen LogP contribution is 2.33. The summed E-state index contributed by atoms with van der Waals surface area (Å²) in [7, 11) is 0. The molecule has 0 spiro atoms. The first-order valence-corrected chi connectivity index (χ1v) is 9.86. The summed E-state index contributed by atoms with van der Waals surface area (Å²) in [5, 5.41) is 1.78. The van der Waals surface area contributed by atoms with Gasteiger partial charge in [0.15, 0.2) is 5.82 Å². The van der Waals surface area contributed by atoms with Crippen LogP contribution in [0.15, 0.2) is 54.9 Å². The summed E-state index contributed by atoms with van der Waals surface area (Å²) < 4.78 is 0. The van der Waals surface area contributed by atoms with Gasteiger partial charge in [-0.05, 0) is 48.9 Å². The van der Waals surface area contributed by atoms with Crippen LogP contribution in [0.3, 0.4) is 0 Å². The lowest BCUT2D eigenvalue weighted by atomic mass is 9.90. The Kier molecular flexibility index (Phi) is 4.21. The predicted molar refractivity (Wildman–Crippen MR) is 111 cm³/mol. The highest BCUT2D eigenvalue weighted by molar-refractivity contribution is 6.31. The number of aromatic nitrogens is 3. The molecule has 0 unspecified atom stereocenters. The minimum Gasteiger partial charge on any atom is -0.355 e. The molecule has 0 saturated carbocycles. The molecule has 0 radical (unpaired) electrons. The molecule has 0 aliphatic carbocycles. The minimum absolute atomic E-state index is 0.727. The van der Waals surface area contributed by atoms with Crippen molar-refractivity contribution in [3.8, 4) is 0 Å². The predicted octanol–water partition coefficient (Wildman–Crippen LogP) is 5.22. The fourth-order valence-electron chi connectivity index (χ4n) is 4.19. The first kappa shape index (κ1) is 16.6. The molecular formula is C22H21ClN4. The monoisotopic (exact) mass is 376 g/mol. The Morgan fingerprint density at radius 2 is 1.85 bits per heavy atom. The Morgan fingerprint density at radius 1 is 1.04 bits per heavy atom. The van der Waals surface area contributed by atoms with Gasteiger partial charge in [-0.25, -0.2) is 9.97 Å². The molecule has 5 rings (SSSR count). The first-order valence-electron chi connectivity index (χ1n) is 9.49. The van der Waals surface area contributed by atoms with Gasteiger partial charge in [-0.2, -0.15) is 0 Å². The van der Waals surface area contributed by atoms with Crippen LogP contribution in [0.25, 0.3) is 21.9 Å². The summed E-state index contributed by atoms with van der Waals surface area (Å²) in [6, 6.07) is 16.7. The van der Waals surface area contributed by atoms with Crippen LogP contribution in [0.5, 0.6) is 0 Å². The number of anilines is 1. The topological polar surface area (TPSA) is 44.8 Å². The van der Waals surface area contributed by atoms with Crippen molar-refractivity contribution in [1.82, 2.24) is 15.0 Å². The zero-order valence-electron chi connectivity index (χ0n) is 15.0. The molecule has 4 nitrogen and oxygen atoms in total. The molecule has 0 amide bonds. The summed E-state index contributed by atoms with van der Waals surface area (Å²) in [5.74, 6) is 1.74. The maximum absolute atomic E-state index is 6.18. The van der Waals surface area contributed by atoms with Crippen LogP contribution in [-0.2, 0) is 6.42 Å². The third-order valence-corrected chi connectivity index (χ3v) is 5.84. The van der Waals surface area contributed by atoms with Crippen molar-refractivity contribution in [2.45, 2.75) is 19.3 Å². The number of rotatable bonds is 3. The third-order valence-electron chi connectivity index (χ3n) is 5.60. The quantitative estimate of drug-likeness (QED) is 0.533. The molecule has 1 saturated heterocycles.